The van der Waals surface area contributed by atoms with Crippen LogP contribution in [0.25, 0.3) is 6.08 Å². The van der Waals surface area contributed by atoms with E-state index in [1.165, 1.54) is 6.92 Å². The van der Waals surface area contributed by atoms with Gasteiger partial charge in [0.2, 0.25) is 5.91 Å². The number of nitrogens with one attached hydrogen (secondary N) is 1. The lowest BCUT2D eigenvalue weighted by molar-refractivity contribution is -0.118. The van der Waals surface area contributed by atoms with Crippen molar-refractivity contribution in [2.75, 3.05) is 6.54 Å². The first-order valence-corrected chi connectivity index (χ1v) is 8.40. The van der Waals surface area contributed by atoms with E-state index in [0.29, 0.717) is 10.7 Å². The van der Waals surface area contributed by atoms with Crippen LogP contribution in [0.3, 0.4) is 0 Å². The molecule has 8 heteroatoms. The number of hydrogen-bond donors (Lipinski definition) is 1. The first-order valence-electron chi connectivity index (χ1n) is 7.64. The Morgan fingerprint density at radius 3 is 2.33 bits per heavy atom. The van der Waals surface area contributed by atoms with Crippen molar-refractivity contribution in [3.05, 3.63) is 33.5 Å². The molecule has 2 rings (SSSR count). The summed E-state index contributed by atoms with van der Waals surface area (Å²) in [6, 6.07) is 3.41. The second-order valence-corrected chi connectivity index (χ2v) is 7.48. The molecule has 1 aromatic heterocycles. The minimum absolute atomic E-state index is 0.141. The van der Waals surface area contributed by atoms with Gasteiger partial charge in [0.05, 0.1) is 11.2 Å². The maximum Gasteiger partial charge on any atom is 0.492 e. The van der Waals surface area contributed by atoms with Crippen molar-refractivity contribution in [1.29, 1.82) is 0 Å². The topological polar surface area (TPSA) is 60.5 Å². The zero-order valence-electron chi connectivity index (χ0n) is 14.4. The van der Waals surface area contributed by atoms with E-state index in [1.54, 1.807) is 12.1 Å². The Bertz CT molecular complexity index is 661. The second kappa shape index (κ2) is 7.04. The quantitative estimate of drug-likeness (QED) is 0.650. The van der Waals surface area contributed by atoms with Crippen molar-refractivity contribution in [2.24, 2.45) is 0 Å². The van der Waals surface area contributed by atoms with Gasteiger partial charge in [-0.2, -0.15) is 0 Å². The molecule has 1 amide bonds. The highest BCUT2D eigenvalue weighted by Crippen LogP contribution is 2.39. The van der Waals surface area contributed by atoms with E-state index in [4.69, 9.17) is 32.5 Å². The third kappa shape index (κ3) is 4.31. The molecule has 2 heterocycles. The van der Waals surface area contributed by atoms with Crippen LogP contribution >= 0.6 is 23.2 Å². The molecule has 1 fully saturated rings. The molecule has 1 aliphatic heterocycles. The zero-order valence-corrected chi connectivity index (χ0v) is 16.0. The van der Waals surface area contributed by atoms with Crippen molar-refractivity contribution < 1.29 is 14.1 Å². The molecule has 0 bridgehead atoms. The summed E-state index contributed by atoms with van der Waals surface area (Å²) in [5, 5.41) is 3.36. The molecular weight excluding hydrogens is 350 g/mol. The number of pyridine rings is 1. The van der Waals surface area contributed by atoms with Crippen molar-refractivity contribution in [3.8, 4) is 0 Å². The lowest BCUT2D eigenvalue weighted by Gasteiger charge is -2.32. The molecule has 0 spiro atoms. The molecule has 1 aromatic rings. The van der Waals surface area contributed by atoms with Gasteiger partial charge < -0.3 is 14.6 Å². The highest BCUT2D eigenvalue weighted by Gasteiger charge is 2.52. The molecule has 24 heavy (non-hydrogen) atoms. The molecule has 0 radical (unpaired) electrons. The molecule has 0 saturated carbocycles. The van der Waals surface area contributed by atoms with Gasteiger partial charge in [0, 0.05) is 19.0 Å². The lowest BCUT2D eigenvalue weighted by Crippen LogP contribution is -2.41. The summed E-state index contributed by atoms with van der Waals surface area (Å²) in [6.45, 7) is 9.63. The fourth-order valence-electron chi connectivity index (χ4n) is 2.15. The van der Waals surface area contributed by atoms with Gasteiger partial charge in [0.1, 0.15) is 10.3 Å². The van der Waals surface area contributed by atoms with E-state index in [9.17, 15) is 4.79 Å². The average molecular weight is 371 g/mol. The minimum atomic E-state index is -0.589. The van der Waals surface area contributed by atoms with Crippen LogP contribution in [0.1, 0.15) is 40.2 Å². The Hall–Kier alpha value is -1.08. The summed E-state index contributed by atoms with van der Waals surface area (Å²) < 4.78 is 12.1. The van der Waals surface area contributed by atoms with Crippen molar-refractivity contribution in [1.82, 2.24) is 10.3 Å². The standard InChI is InChI=1S/C16H21BCl2N2O3/c1-10(22)20-9-12(8-11-6-7-13(18)21-14(11)19)17-23-15(2,3)16(4,5)24-17/h6-8H,9H2,1-5H3,(H,20,22). The summed E-state index contributed by atoms with van der Waals surface area (Å²) in [5.74, 6) is -0.141. The summed E-state index contributed by atoms with van der Waals surface area (Å²) in [4.78, 5) is 15.3. The van der Waals surface area contributed by atoms with Gasteiger partial charge in [-0.3, -0.25) is 4.79 Å². The van der Waals surface area contributed by atoms with Crippen LogP contribution in [0.5, 0.6) is 0 Å². The van der Waals surface area contributed by atoms with Crippen LogP contribution in [-0.2, 0) is 14.1 Å². The van der Waals surface area contributed by atoms with E-state index in [2.05, 4.69) is 10.3 Å². The van der Waals surface area contributed by atoms with E-state index in [0.717, 1.165) is 5.47 Å². The maximum absolute atomic E-state index is 11.3. The van der Waals surface area contributed by atoms with Crippen LogP contribution < -0.4 is 5.32 Å². The molecule has 0 unspecified atom stereocenters. The van der Waals surface area contributed by atoms with E-state index in [-0.39, 0.29) is 17.6 Å². The van der Waals surface area contributed by atoms with Gasteiger partial charge in [-0.1, -0.05) is 29.3 Å². The molecule has 130 valence electrons. The number of aromatic nitrogens is 1. The van der Waals surface area contributed by atoms with Crippen molar-refractivity contribution in [3.63, 3.8) is 0 Å². The largest absolute Gasteiger partial charge is 0.492 e. The third-order valence-electron chi connectivity index (χ3n) is 4.28. The predicted molar refractivity (Wildman–Crippen MR) is 97.0 cm³/mol. The van der Waals surface area contributed by atoms with Crippen molar-refractivity contribution in [2.45, 2.75) is 45.8 Å². The zero-order chi connectivity index (χ0) is 18.1. The summed E-state index contributed by atoms with van der Waals surface area (Å²) in [6.07, 6.45) is 1.81. The van der Waals surface area contributed by atoms with Gasteiger partial charge in [0.15, 0.2) is 0 Å². The van der Waals surface area contributed by atoms with Gasteiger partial charge in [-0.25, -0.2) is 4.98 Å². The molecule has 0 atom stereocenters. The number of nitrogens with zero attached hydrogens (tertiary/aromatic N) is 1. The van der Waals surface area contributed by atoms with E-state index in [1.807, 2.05) is 33.8 Å². The first-order chi connectivity index (χ1) is 11.0. The molecular formula is C16H21BCl2N2O3. The highest BCUT2D eigenvalue weighted by molar-refractivity contribution is 6.56. The molecule has 0 aliphatic carbocycles. The van der Waals surface area contributed by atoms with Gasteiger partial charge in [-0.05, 0) is 45.3 Å². The van der Waals surface area contributed by atoms with Crippen molar-refractivity contribution >= 4 is 42.3 Å². The van der Waals surface area contributed by atoms with Crippen LogP contribution in [0, 0.1) is 0 Å². The third-order valence-corrected chi connectivity index (χ3v) is 4.80. The van der Waals surface area contributed by atoms with Crippen LogP contribution in [0.2, 0.25) is 10.3 Å². The Kier molecular flexibility index (Phi) is 5.65. The summed E-state index contributed by atoms with van der Waals surface area (Å²) in [7, 11) is -0.589. The minimum Gasteiger partial charge on any atom is -0.400 e. The number of amides is 1. The molecule has 1 aliphatic rings. The van der Waals surface area contributed by atoms with Gasteiger partial charge >= 0.3 is 7.12 Å². The molecule has 1 saturated heterocycles. The fraction of sp³-hybridized carbons (Fsp3) is 0.500. The number of carbonyl (C=O) groups is 1. The number of carbonyl (C=O) groups excluding carboxylic acids is 1. The monoisotopic (exact) mass is 370 g/mol. The molecule has 5 nitrogen and oxygen atoms in total. The summed E-state index contributed by atoms with van der Waals surface area (Å²) in [5.41, 5.74) is 0.468. The summed E-state index contributed by atoms with van der Waals surface area (Å²) >= 11 is 12.0. The Balaban J connectivity index is 2.35. The van der Waals surface area contributed by atoms with Crippen LogP contribution in [-0.4, -0.2) is 35.8 Å². The SMILES string of the molecule is CC(=O)NCC(=Cc1ccc(Cl)nc1Cl)B1OC(C)(C)C(C)(C)O1. The Morgan fingerprint density at radius 1 is 1.25 bits per heavy atom. The number of halogens is 2. The highest BCUT2D eigenvalue weighted by atomic mass is 35.5. The van der Waals surface area contributed by atoms with E-state index < -0.39 is 18.3 Å². The first kappa shape index (κ1) is 19.3. The Morgan fingerprint density at radius 2 is 1.83 bits per heavy atom. The van der Waals surface area contributed by atoms with E-state index >= 15 is 0 Å². The van der Waals surface area contributed by atoms with Crippen LogP contribution in [0.15, 0.2) is 17.6 Å². The molecule has 0 aromatic carbocycles. The fourth-order valence-corrected chi connectivity index (χ4v) is 2.55. The van der Waals surface area contributed by atoms with Gasteiger partial charge in [-0.15, -0.1) is 0 Å². The van der Waals surface area contributed by atoms with Crippen LogP contribution in [0.4, 0.5) is 0 Å². The second-order valence-electron chi connectivity index (χ2n) is 6.73. The maximum atomic E-state index is 11.3. The Labute approximate surface area is 152 Å². The number of rotatable bonds is 4. The average Bonchev–Trinajstić information content (AvgIpc) is 2.65. The lowest BCUT2D eigenvalue weighted by atomic mass is 9.77. The predicted octanol–water partition coefficient (Wildman–Crippen LogP) is 3.54. The normalized spacial score (nSPS) is 19.5. The number of hydrogen-bond acceptors (Lipinski definition) is 4. The van der Waals surface area contributed by atoms with Gasteiger partial charge in [0.25, 0.3) is 0 Å². The smallest absolute Gasteiger partial charge is 0.400 e. The molecule has 1 N–H and O–H groups in total.